The molecule has 18 heavy (non-hydrogen) atoms. The van der Waals surface area contributed by atoms with Crippen LogP contribution in [-0.2, 0) is 0 Å². The Morgan fingerprint density at radius 1 is 1.44 bits per heavy atom. The van der Waals surface area contributed by atoms with Gasteiger partial charge < -0.3 is 4.74 Å². The second-order valence-electron chi connectivity index (χ2n) is 3.97. The number of benzene rings is 1. The number of hydrogen-bond acceptors (Lipinski definition) is 2. The van der Waals surface area contributed by atoms with Crippen LogP contribution in [0.4, 0.5) is 8.78 Å². The smallest absolute Gasteiger partial charge is 0.387 e. The van der Waals surface area contributed by atoms with Gasteiger partial charge in [0, 0.05) is 6.04 Å². The van der Waals surface area contributed by atoms with E-state index in [4.69, 9.17) is 6.42 Å². The maximum atomic E-state index is 12.1. The lowest BCUT2D eigenvalue weighted by atomic mass is 10.1. The van der Waals surface area contributed by atoms with Crippen LogP contribution in [0.25, 0.3) is 0 Å². The maximum Gasteiger partial charge on any atom is 0.387 e. The molecule has 0 saturated carbocycles. The van der Waals surface area contributed by atoms with Gasteiger partial charge in [0.05, 0.1) is 6.04 Å². The number of alkyl halides is 2. The highest BCUT2D eigenvalue weighted by atomic mass is 19.3. The molecule has 0 aromatic heterocycles. The lowest BCUT2D eigenvalue weighted by Gasteiger charge is -2.19. The predicted octanol–water partition coefficient (Wildman–Crippen LogP) is 3.35. The summed E-state index contributed by atoms with van der Waals surface area (Å²) in [6, 6.07) is 6.57. The second-order valence-corrected chi connectivity index (χ2v) is 3.97. The average Bonchev–Trinajstić information content (AvgIpc) is 2.35. The molecule has 0 spiro atoms. The molecule has 0 aliphatic rings. The van der Waals surface area contributed by atoms with Gasteiger partial charge in [-0.25, -0.2) is 0 Å². The Labute approximate surface area is 106 Å². The summed E-state index contributed by atoms with van der Waals surface area (Å²) in [5.74, 6) is 2.79. The lowest BCUT2D eigenvalue weighted by molar-refractivity contribution is -0.0499. The molecule has 4 heteroatoms. The van der Waals surface area contributed by atoms with Gasteiger partial charge in [0.15, 0.2) is 0 Å². The van der Waals surface area contributed by atoms with Gasteiger partial charge in [-0.3, -0.25) is 5.32 Å². The average molecular weight is 253 g/mol. The van der Waals surface area contributed by atoms with E-state index in [1.165, 1.54) is 6.07 Å². The summed E-state index contributed by atoms with van der Waals surface area (Å²) in [6.07, 6.45) is 6.18. The molecule has 0 heterocycles. The first kappa shape index (κ1) is 14.5. The van der Waals surface area contributed by atoms with Crippen molar-refractivity contribution in [2.45, 2.75) is 39.0 Å². The largest absolute Gasteiger partial charge is 0.435 e. The van der Waals surface area contributed by atoms with Crippen molar-refractivity contribution in [1.29, 1.82) is 0 Å². The van der Waals surface area contributed by atoms with Crippen molar-refractivity contribution in [3.63, 3.8) is 0 Å². The topological polar surface area (TPSA) is 21.3 Å². The Hall–Kier alpha value is -1.60. The minimum atomic E-state index is -2.81. The zero-order valence-electron chi connectivity index (χ0n) is 10.5. The molecule has 1 rings (SSSR count). The fraction of sp³-hybridized carbons (Fsp3) is 0.429. The summed E-state index contributed by atoms with van der Waals surface area (Å²) < 4.78 is 28.6. The number of halogens is 2. The highest BCUT2D eigenvalue weighted by Crippen LogP contribution is 2.21. The normalized spacial score (nSPS) is 14.0. The van der Waals surface area contributed by atoms with Gasteiger partial charge in [-0.15, -0.1) is 6.42 Å². The van der Waals surface area contributed by atoms with Crippen LogP contribution in [-0.4, -0.2) is 12.7 Å². The minimum Gasteiger partial charge on any atom is -0.435 e. The van der Waals surface area contributed by atoms with E-state index in [-0.39, 0.29) is 17.8 Å². The molecule has 1 aromatic rings. The quantitative estimate of drug-likeness (QED) is 0.785. The van der Waals surface area contributed by atoms with E-state index >= 15 is 0 Å². The molecule has 0 fully saturated rings. The first-order chi connectivity index (χ1) is 8.56. The summed E-state index contributed by atoms with van der Waals surface area (Å²) >= 11 is 0. The molecule has 2 unspecified atom stereocenters. The summed E-state index contributed by atoms with van der Waals surface area (Å²) in [5.41, 5.74) is 0.863. The van der Waals surface area contributed by atoms with Crippen LogP contribution in [0.2, 0.25) is 0 Å². The van der Waals surface area contributed by atoms with Crippen LogP contribution in [0.1, 0.15) is 31.9 Å². The Kier molecular flexibility index (Phi) is 5.60. The number of rotatable bonds is 6. The zero-order chi connectivity index (χ0) is 13.5. The van der Waals surface area contributed by atoms with Gasteiger partial charge in [-0.05, 0) is 31.0 Å². The van der Waals surface area contributed by atoms with Crippen LogP contribution >= 0.6 is 0 Å². The molecule has 1 N–H and O–H groups in total. The van der Waals surface area contributed by atoms with Crippen molar-refractivity contribution < 1.29 is 13.5 Å². The molecule has 0 bridgehead atoms. The first-order valence-electron chi connectivity index (χ1n) is 5.83. The summed E-state index contributed by atoms with van der Waals surface area (Å²) in [4.78, 5) is 0. The molecular weight excluding hydrogens is 236 g/mol. The van der Waals surface area contributed by atoms with Crippen molar-refractivity contribution >= 4 is 0 Å². The Balaban J connectivity index is 2.74. The lowest BCUT2D eigenvalue weighted by Crippen LogP contribution is -2.29. The molecule has 0 aliphatic heterocycles. The van der Waals surface area contributed by atoms with Crippen LogP contribution in [0, 0.1) is 12.3 Å². The fourth-order valence-corrected chi connectivity index (χ4v) is 1.64. The standard InChI is InChI=1S/C14H17F2NO/c1-4-12(5-2)17-10(3)11-7-6-8-13(9-11)18-14(15)16/h1,6-10,12,14,17H,5H2,2-3H3. The Morgan fingerprint density at radius 2 is 2.17 bits per heavy atom. The molecule has 2 atom stereocenters. The highest BCUT2D eigenvalue weighted by Gasteiger charge is 2.11. The fourth-order valence-electron chi connectivity index (χ4n) is 1.64. The maximum absolute atomic E-state index is 12.1. The van der Waals surface area contributed by atoms with E-state index in [0.29, 0.717) is 0 Å². The second kappa shape index (κ2) is 6.97. The highest BCUT2D eigenvalue weighted by molar-refractivity contribution is 5.30. The van der Waals surface area contributed by atoms with Crippen LogP contribution < -0.4 is 10.1 Å². The summed E-state index contributed by atoms with van der Waals surface area (Å²) in [6.45, 7) is 1.11. The van der Waals surface area contributed by atoms with Crippen molar-refractivity contribution in [3.8, 4) is 18.1 Å². The van der Waals surface area contributed by atoms with E-state index < -0.39 is 6.61 Å². The van der Waals surface area contributed by atoms with E-state index in [9.17, 15) is 8.78 Å². The van der Waals surface area contributed by atoms with Gasteiger partial charge >= 0.3 is 6.61 Å². The van der Waals surface area contributed by atoms with Gasteiger partial charge in [0.25, 0.3) is 0 Å². The Bertz CT molecular complexity index is 415. The van der Waals surface area contributed by atoms with Crippen molar-refractivity contribution in [1.82, 2.24) is 5.32 Å². The minimum absolute atomic E-state index is 0.0211. The zero-order valence-corrected chi connectivity index (χ0v) is 10.5. The molecule has 0 amide bonds. The van der Waals surface area contributed by atoms with E-state index in [2.05, 4.69) is 16.0 Å². The number of ether oxygens (including phenoxy) is 1. The Morgan fingerprint density at radius 3 is 2.72 bits per heavy atom. The summed E-state index contributed by atoms with van der Waals surface area (Å²) in [5, 5.41) is 3.23. The number of terminal acetylenes is 1. The third kappa shape index (κ3) is 4.34. The number of nitrogens with one attached hydrogen (secondary N) is 1. The van der Waals surface area contributed by atoms with Crippen molar-refractivity contribution in [3.05, 3.63) is 29.8 Å². The predicted molar refractivity (Wildman–Crippen MR) is 67.5 cm³/mol. The van der Waals surface area contributed by atoms with Crippen molar-refractivity contribution in [2.24, 2.45) is 0 Å². The molecular formula is C14H17F2NO. The van der Waals surface area contributed by atoms with Gasteiger partial charge in [0.1, 0.15) is 5.75 Å². The molecule has 2 nitrogen and oxygen atoms in total. The SMILES string of the molecule is C#CC(CC)NC(C)c1cccc(OC(F)F)c1. The van der Waals surface area contributed by atoms with Crippen LogP contribution in [0.3, 0.4) is 0 Å². The first-order valence-corrected chi connectivity index (χ1v) is 5.83. The molecule has 0 saturated heterocycles. The molecule has 98 valence electrons. The van der Waals surface area contributed by atoms with Crippen LogP contribution in [0.5, 0.6) is 5.75 Å². The third-order valence-electron chi connectivity index (χ3n) is 2.64. The molecule has 0 radical (unpaired) electrons. The summed E-state index contributed by atoms with van der Waals surface area (Å²) in [7, 11) is 0. The van der Waals surface area contributed by atoms with E-state index in [0.717, 1.165) is 12.0 Å². The van der Waals surface area contributed by atoms with Crippen molar-refractivity contribution in [2.75, 3.05) is 0 Å². The van der Waals surface area contributed by atoms with E-state index in [1.807, 2.05) is 19.9 Å². The van der Waals surface area contributed by atoms with Crippen LogP contribution in [0.15, 0.2) is 24.3 Å². The van der Waals surface area contributed by atoms with E-state index in [1.54, 1.807) is 12.1 Å². The molecule has 0 aliphatic carbocycles. The number of hydrogen-bond donors (Lipinski definition) is 1. The monoisotopic (exact) mass is 253 g/mol. The third-order valence-corrected chi connectivity index (χ3v) is 2.64. The van der Waals surface area contributed by atoms with Gasteiger partial charge in [-0.2, -0.15) is 8.78 Å². The van der Waals surface area contributed by atoms with Gasteiger partial charge in [0.2, 0.25) is 0 Å². The van der Waals surface area contributed by atoms with Gasteiger partial charge in [-0.1, -0.05) is 25.0 Å². The molecule has 1 aromatic carbocycles.